The van der Waals surface area contributed by atoms with Gasteiger partial charge in [0.15, 0.2) is 0 Å². The lowest BCUT2D eigenvalue weighted by atomic mass is 10.1. The maximum Gasteiger partial charge on any atom is 0.416 e. The van der Waals surface area contributed by atoms with Crippen molar-refractivity contribution in [3.05, 3.63) is 35.4 Å². The van der Waals surface area contributed by atoms with Gasteiger partial charge >= 0.3 is 6.18 Å². The fourth-order valence-corrected chi connectivity index (χ4v) is 1.74. The average molecular weight is 257 g/mol. The first-order chi connectivity index (χ1) is 8.28. The number of hydrogen-bond acceptors (Lipinski definition) is 1. The smallest absolute Gasteiger partial charge is 0.351 e. The molecule has 1 aliphatic rings. The third kappa shape index (κ3) is 3.24. The summed E-state index contributed by atoms with van der Waals surface area (Å²) in [5.74, 6) is -0.227. The highest BCUT2D eigenvalue weighted by molar-refractivity contribution is 5.79. The van der Waals surface area contributed by atoms with Crippen LogP contribution in [0.15, 0.2) is 24.3 Å². The maximum absolute atomic E-state index is 12.5. The van der Waals surface area contributed by atoms with Gasteiger partial charge in [0, 0.05) is 5.54 Å². The van der Waals surface area contributed by atoms with Gasteiger partial charge in [-0.2, -0.15) is 13.2 Å². The normalized spacial score (nSPS) is 17.3. The summed E-state index contributed by atoms with van der Waals surface area (Å²) >= 11 is 0. The Balaban J connectivity index is 2.03. The summed E-state index contributed by atoms with van der Waals surface area (Å²) in [6, 6.07) is 4.88. The Labute approximate surface area is 103 Å². The first kappa shape index (κ1) is 12.9. The molecule has 0 spiro atoms. The van der Waals surface area contributed by atoms with Crippen molar-refractivity contribution in [1.29, 1.82) is 0 Å². The van der Waals surface area contributed by atoms with Gasteiger partial charge in [0.2, 0.25) is 5.91 Å². The zero-order valence-electron chi connectivity index (χ0n) is 9.97. The third-order valence-corrected chi connectivity index (χ3v) is 3.06. The molecule has 0 aliphatic heterocycles. The molecule has 1 fully saturated rings. The summed E-state index contributed by atoms with van der Waals surface area (Å²) in [7, 11) is 0. The van der Waals surface area contributed by atoms with E-state index in [1.54, 1.807) is 0 Å². The first-order valence-electron chi connectivity index (χ1n) is 5.76. The second-order valence-corrected chi connectivity index (χ2v) is 4.98. The summed E-state index contributed by atoms with van der Waals surface area (Å²) in [6.07, 6.45) is -2.52. The molecular formula is C13H14F3NO. The van der Waals surface area contributed by atoms with E-state index < -0.39 is 11.7 Å². The van der Waals surface area contributed by atoms with Gasteiger partial charge in [0.1, 0.15) is 0 Å². The molecule has 1 N–H and O–H groups in total. The Morgan fingerprint density at radius 3 is 2.61 bits per heavy atom. The van der Waals surface area contributed by atoms with Crippen LogP contribution in [0.1, 0.15) is 30.9 Å². The van der Waals surface area contributed by atoms with Crippen molar-refractivity contribution in [1.82, 2.24) is 5.32 Å². The molecule has 2 rings (SSSR count). The van der Waals surface area contributed by atoms with Gasteiger partial charge in [-0.1, -0.05) is 18.2 Å². The van der Waals surface area contributed by atoms with Gasteiger partial charge in [-0.3, -0.25) is 4.79 Å². The number of rotatable bonds is 3. The zero-order chi connectivity index (χ0) is 13.4. The van der Waals surface area contributed by atoms with Crippen LogP contribution in [0, 0.1) is 0 Å². The van der Waals surface area contributed by atoms with Crippen LogP contribution in [0.2, 0.25) is 0 Å². The van der Waals surface area contributed by atoms with Crippen molar-refractivity contribution in [3.8, 4) is 0 Å². The number of carbonyl (C=O) groups is 1. The van der Waals surface area contributed by atoms with Gasteiger partial charge < -0.3 is 5.32 Å². The lowest BCUT2D eigenvalue weighted by molar-refractivity contribution is -0.137. The Morgan fingerprint density at radius 1 is 1.39 bits per heavy atom. The molecule has 0 radical (unpaired) electrons. The van der Waals surface area contributed by atoms with Crippen molar-refractivity contribution in [2.75, 3.05) is 0 Å². The molecule has 1 aliphatic carbocycles. The third-order valence-electron chi connectivity index (χ3n) is 3.06. The summed E-state index contributed by atoms with van der Waals surface area (Å²) in [6.45, 7) is 1.93. The molecule has 0 aromatic heterocycles. The van der Waals surface area contributed by atoms with E-state index in [0.29, 0.717) is 5.56 Å². The highest BCUT2D eigenvalue weighted by atomic mass is 19.4. The minimum atomic E-state index is -4.37. The molecule has 2 nitrogen and oxygen atoms in total. The fraction of sp³-hybridized carbons (Fsp3) is 0.462. The van der Waals surface area contributed by atoms with Crippen molar-refractivity contribution < 1.29 is 18.0 Å². The number of benzene rings is 1. The molecule has 0 atom stereocenters. The van der Waals surface area contributed by atoms with Gasteiger partial charge in [0.25, 0.3) is 0 Å². The van der Waals surface area contributed by atoms with E-state index in [9.17, 15) is 18.0 Å². The van der Waals surface area contributed by atoms with Crippen LogP contribution in [0.3, 0.4) is 0 Å². The molecule has 1 aromatic carbocycles. The van der Waals surface area contributed by atoms with Crippen LogP contribution in [0.25, 0.3) is 0 Å². The predicted molar refractivity (Wildman–Crippen MR) is 60.9 cm³/mol. The maximum atomic E-state index is 12.5. The molecule has 0 saturated heterocycles. The summed E-state index contributed by atoms with van der Waals surface area (Å²) in [5, 5.41) is 2.82. The number of amides is 1. The van der Waals surface area contributed by atoms with Crippen LogP contribution in [0.5, 0.6) is 0 Å². The van der Waals surface area contributed by atoms with Crippen molar-refractivity contribution in [3.63, 3.8) is 0 Å². The monoisotopic (exact) mass is 257 g/mol. The topological polar surface area (TPSA) is 29.1 Å². The van der Waals surface area contributed by atoms with Gasteiger partial charge in [0.05, 0.1) is 12.0 Å². The molecule has 0 heterocycles. The second kappa shape index (κ2) is 4.30. The number of carbonyl (C=O) groups excluding carboxylic acids is 1. The first-order valence-corrected chi connectivity index (χ1v) is 5.76. The molecule has 1 saturated carbocycles. The lowest BCUT2D eigenvalue weighted by Gasteiger charge is -2.12. The number of halogens is 3. The Kier molecular flexibility index (Phi) is 3.09. The number of hydrogen-bond donors (Lipinski definition) is 1. The molecule has 0 unspecified atom stereocenters. The number of nitrogens with one attached hydrogen (secondary N) is 1. The van der Waals surface area contributed by atoms with E-state index in [1.807, 2.05) is 6.92 Å². The van der Waals surface area contributed by atoms with Gasteiger partial charge in [-0.25, -0.2) is 0 Å². The molecule has 18 heavy (non-hydrogen) atoms. The molecule has 0 bridgehead atoms. The van der Waals surface area contributed by atoms with E-state index in [0.717, 1.165) is 25.0 Å². The zero-order valence-corrected chi connectivity index (χ0v) is 9.97. The average Bonchev–Trinajstić information content (AvgIpc) is 2.94. The molecular weight excluding hydrogens is 243 g/mol. The van der Waals surface area contributed by atoms with Gasteiger partial charge in [-0.15, -0.1) is 0 Å². The summed E-state index contributed by atoms with van der Waals surface area (Å²) in [5.41, 5.74) is -0.476. The van der Waals surface area contributed by atoms with Crippen LogP contribution >= 0.6 is 0 Å². The lowest BCUT2D eigenvalue weighted by Crippen LogP contribution is -2.35. The summed E-state index contributed by atoms with van der Waals surface area (Å²) in [4.78, 5) is 11.6. The minimum absolute atomic E-state index is 0.0144. The Bertz CT molecular complexity index is 464. The minimum Gasteiger partial charge on any atom is -0.351 e. The Hall–Kier alpha value is -1.52. The van der Waals surface area contributed by atoms with E-state index in [-0.39, 0.29) is 17.9 Å². The fourth-order valence-electron chi connectivity index (χ4n) is 1.74. The number of alkyl halides is 3. The van der Waals surface area contributed by atoms with E-state index in [1.165, 1.54) is 12.1 Å². The van der Waals surface area contributed by atoms with Crippen LogP contribution in [-0.4, -0.2) is 11.4 Å². The van der Waals surface area contributed by atoms with Crippen LogP contribution < -0.4 is 5.32 Å². The molecule has 1 amide bonds. The van der Waals surface area contributed by atoms with Crippen molar-refractivity contribution >= 4 is 5.91 Å². The molecule has 5 heteroatoms. The van der Waals surface area contributed by atoms with Crippen LogP contribution in [-0.2, 0) is 17.4 Å². The van der Waals surface area contributed by atoms with Crippen molar-refractivity contribution in [2.45, 2.75) is 37.9 Å². The predicted octanol–water partition coefficient (Wildman–Crippen LogP) is 2.92. The second-order valence-electron chi connectivity index (χ2n) is 4.98. The van der Waals surface area contributed by atoms with Crippen molar-refractivity contribution in [2.24, 2.45) is 0 Å². The highest BCUT2D eigenvalue weighted by Crippen LogP contribution is 2.34. The molecule has 1 aromatic rings. The largest absolute Gasteiger partial charge is 0.416 e. The SMILES string of the molecule is CC1(NC(=O)Cc2cccc(C(F)(F)F)c2)CC1. The van der Waals surface area contributed by atoms with E-state index in [4.69, 9.17) is 0 Å². The van der Waals surface area contributed by atoms with E-state index in [2.05, 4.69) is 5.32 Å². The molecule has 98 valence electrons. The standard InChI is InChI=1S/C13H14F3NO/c1-12(5-6-12)17-11(18)8-9-3-2-4-10(7-9)13(14,15)16/h2-4,7H,5-6,8H2,1H3,(H,17,18). The summed E-state index contributed by atoms with van der Waals surface area (Å²) < 4.78 is 37.5. The Morgan fingerprint density at radius 2 is 2.06 bits per heavy atom. The van der Waals surface area contributed by atoms with Crippen LogP contribution in [0.4, 0.5) is 13.2 Å². The quantitative estimate of drug-likeness (QED) is 0.886. The van der Waals surface area contributed by atoms with Gasteiger partial charge in [-0.05, 0) is 31.4 Å². The van der Waals surface area contributed by atoms with E-state index >= 15 is 0 Å². The highest BCUT2D eigenvalue weighted by Gasteiger charge is 2.38.